The zero-order chi connectivity index (χ0) is 22.3. The smallest absolute Gasteiger partial charge is 0.244 e. The van der Waals surface area contributed by atoms with Crippen molar-refractivity contribution in [1.82, 2.24) is 14.9 Å². The van der Waals surface area contributed by atoms with Gasteiger partial charge in [0.25, 0.3) is 0 Å². The van der Waals surface area contributed by atoms with Gasteiger partial charge in [0.05, 0.1) is 24.1 Å². The molecular formula is C26H24ClN3O2. The molecule has 0 unspecified atom stereocenters. The van der Waals surface area contributed by atoms with Crippen LogP contribution in [-0.2, 0) is 17.9 Å². The van der Waals surface area contributed by atoms with Crippen LogP contribution in [0.15, 0.2) is 78.9 Å². The van der Waals surface area contributed by atoms with Crippen molar-refractivity contribution in [1.29, 1.82) is 0 Å². The van der Waals surface area contributed by atoms with Gasteiger partial charge in [0, 0.05) is 11.1 Å². The van der Waals surface area contributed by atoms with Crippen molar-refractivity contribution >= 4 is 34.6 Å². The molecule has 1 aromatic heterocycles. The molecule has 0 atom stereocenters. The molecule has 6 heteroatoms. The normalized spacial score (nSPS) is 11.2. The lowest BCUT2D eigenvalue weighted by molar-refractivity contribution is -0.116. The monoisotopic (exact) mass is 445 g/mol. The van der Waals surface area contributed by atoms with E-state index in [4.69, 9.17) is 21.3 Å². The maximum atomic E-state index is 12.3. The van der Waals surface area contributed by atoms with Gasteiger partial charge in [-0.2, -0.15) is 0 Å². The van der Waals surface area contributed by atoms with Crippen molar-refractivity contribution in [3.63, 3.8) is 0 Å². The minimum absolute atomic E-state index is 0.166. The molecule has 4 rings (SSSR count). The molecule has 0 saturated carbocycles. The molecule has 0 aliphatic heterocycles. The number of carbonyl (C=O) groups excluding carboxylic acids is 1. The van der Waals surface area contributed by atoms with Crippen LogP contribution in [0.4, 0.5) is 0 Å². The molecule has 0 radical (unpaired) electrons. The van der Waals surface area contributed by atoms with Gasteiger partial charge in [0.1, 0.15) is 18.2 Å². The maximum absolute atomic E-state index is 12.3. The molecule has 1 N–H and O–H groups in total. The highest BCUT2D eigenvalue weighted by atomic mass is 35.5. The lowest BCUT2D eigenvalue weighted by atomic mass is 10.2. The van der Waals surface area contributed by atoms with E-state index in [1.54, 1.807) is 6.08 Å². The zero-order valence-electron chi connectivity index (χ0n) is 17.8. The van der Waals surface area contributed by atoms with Crippen molar-refractivity contribution in [2.45, 2.75) is 20.0 Å². The molecule has 0 aliphatic rings. The number of hydrogen-bond acceptors (Lipinski definition) is 3. The number of para-hydroxylation sites is 2. The number of halogens is 1. The van der Waals surface area contributed by atoms with E-state index in [9.17, 15) is 4.79 Å². The number of ether oxygens (including phenoxy) is 1. The average molecular weight is 446 g/mol. The molecule has 162 valence electrons. The van der Waals surface area contributed by atoms with Gasteiger partial charge in [-0.05, 0) is 54.5 Å². The fraction of sp³-hybridized carbons (Fsp3) is 0.154. The third kappa shape index (κ3) is 5.37. The van der Waals surface area contributed by atoms with Crippen LogP contribution >= 0.6 is 11.6 Å². The number of nitrogens with zero attached hydrogens (tertiary/aromatic N) is 2. The number of hydrogen-bond donors (Lipinski definition) is 1. The summed E-state index contributed by atoms with van der Waals surface area (Å²) in [4.78, 5) is 17.0. The molecule has 0 fully saturated rings. The van der Waals surface area contributed by atoms with Gasteiger partial charge in [-0.15, -0.1) is 0 Å². The number of nitrogens with one attached hydrogen (secondary N) is 1. The quantitative estimate of drug-likeness (QED) is 0.369. The van der Waals surface area contributed by atoms with Crippen LogP contribution < -0.4 is 10.1 Å². The molecule has 0 saturated heterocycles. The maximum Gasteiger partial charge on any atom is 0.244 e. The molecule has 32 heavy (non-hydrogen) atoms. The third-order valence-corrected chi connectivity index (χ3v) is 5.52. The largest absolute Gasteiger partial charge is 0.492 e. The van der Waals surface area contributed by atoms with E-state index in [0.29, 0.717) is 19.7 Å². The molecule has 3 aromatic carbocycles. The van der Waals surface area contributed by atoms with Gasteiger partial charge in [-0.3, -0.25) is 4.79 Å². The summed E-state index contributed by atoms with van der Waals surface area (Å²) in [7, 11) is 0. The van der Waals surface area contributed by atoms with Gasteiger partial charge in [-0.25, -0.2) is 4.98 Å². The van der Waals surface area contributed by atoms with Gasteiger partial charge in [0.2, 0.25) is 5.91 Å². The van der Waals surface area contributed by atoms with Crippen LogP contribution in [0.5, 0.6) is 5.75 Å². The summed E-state index contributed by atoms with van der Waals surface area (Å²) in [5, 5.41) is 3.65. The van der Waals surface area contributed by atoms with E-state index in [1.807, 2.05) is 79.7 Å². The summed E-state index contributed by atoms with van der Waals surface area (Å²) in [5.74, 6) is 1.39. The summed E-state index contributed by atoms with van der Waals surface area (Å²) in [6.07, 6.45) is 3.33. The molecule has 0 spiro atoms. The number of amides is 1. The Labute approximate surface area is 192 Å². The van der Waals surface area contributed by atoms with E-state index in [0.717, 1.165) is 38.8 Å². The summed E-state index contributed by atoms with van der Waals surface area (Å²) in [6, 6.07) is 23.3. The summed E-state index contributed by atoms with van der Waals surface area (Å²) >= 11 is 6.09. The van der Waals surface area contributed by atoms with E-state index in [1.165, 1.54) is 6.08 Å². The highest BCUT2D eigenvalue weighted by Gasteiger charge is 2.11. The fourth-order valence-electron chi connectivity index (χ4n) is 3.43. The first-order chi connectivity index (χ1) is 15.6. The lowest BCUT2D eigenvalue weighted by Gasteiger charge is -2.12. The SMILES string of the molecule is Cc1cc(OCCn2c(CNC(=O)/C=C\c3ccccc3)nc3ccccc32)ccc1Cl. The van der Waals surface area contributed by atoms with Crippen LogP contribution in [0.2, 0.25) is 5.02 Å². The van der Waals surface area contributed by atoms with Crippen LogP contribution in [0.1, 0.15) is 17.0 Å². The van der Waals surface area contributed by atoms with E-state index in [-0.39, 0.29) is 5.91 Å². The molecule has 1 heterocycles. The van der Waals surface area contributed by atoms with E-state index in [2.05, 4.69) is 9.88 Å². The van der Waals surface area contributed by atoms with Crippen molar-refractivity contribution < 1.29 is 9.53 Å². The number of aryl methyl sites for hydroxylation is 1. The van der Waals surface area contributed by atoms with Gasteiger partial charge >= 0.3 is 0 Å². The zero-order valence-corrected chi connectivity index (χ0v) is 18.5. The predicted molar refractivity (Wildman–Crippen MR) is 129 cm³/mol. The number of benzene rings is 3. The van der Waals surface area contributed by atoms with E-state index >= 15 is 0 Å². The van der Waals surface area contributed by atoms with Crippen LogP contribution in [0, 0.1) is 6.92 Å². The van der Waals surface area contributed by atoms with Gasteiger partial charge in [0.15, 0.2) is 0 Å². The molecule has 4 aromatic rings. The minimum Gasteiger partial charge on any atom is -0.492 e. The van der Waals surface area contributed by atoms with Crippen molar-refractivity contribution in [2.24, 2.45) is 0 Å². The summed E-state index contributed by atoms with van der Waals surface area (Å²) in [6.45, 7) is 3.35. The molecule has 1 amide bonds. The van der Waals surface area contributed by atoms with E-state index < -0.39 is 0 Å². The number of imidazole rings is 1. The second kappa shape index (κ2) is 10.2. The molecular weight excluding hydrogens is 422 g/mol. The van der Waals surface area contributed by atoms with Crippen LogP contribution in [0.25, 0.3) is 17.1 Å². The first-order valence-electron chi connectivity index (χ1n) is 10.4. The van der Waals surface area contributed by atoms with Crippen LogP contribution in [0.3, 0.4) is 0 Å². The van der Waals surface area contributed by atoms with Crippen molar-refractivity contribution in [3.05, 3.63) is 101 Å². The third-order valence-electron chi connectivity index (χ3n) is 5.09. The minimum atomic E-state index is -0.166. The molecule has 5 nitrogen and oxygen atoms in total. The highest BCUT2D eigenvalue weighted by Crippen LogP contribution is 2.21. The van der Waals surface area contributed by atoms with Crippen molar-refractivity contribution in [2.75, 3.05) is 6.61 Å². The Morgan fingerprint density at radius 2 is 1.88 bits per heavy atom. The Morgan fingerprint density at radius 3 is 2.69 bits per heavy atom. The summed E-state index contributed by atoms with van der Waals surface area (Å²) in [5.41, 5.74) is 3.85. The fourth-order valence-corrected chi connectivity index (χ4v) is 3.55. The second-order valence-electron chi connectivity index (χ2n) is 7.39. The highest BCUT2D eigenvalue weighted by molar-refractivity contribution is 6.31. The number of fused-ring (bicyclic) bond motifs is 1. The predicted octanol–water partition coefficient (Wildman–Crippen LogP) is 5.41. The molecule has 0 aliphatic carbocycles. The number of carbonyl (C=O) groups is 1. The van der Waals surface area contributed by atoms with Gasteiger partial charge < -0.3 is 14.6 Å². The Hall–Kier alpha value is -3.57. The number of rotatable bonds is 8. The molecule has 0 bridgehead atoms. The Kier molecular flexibility index (Phi) is 6.87. The first kappa shape index (κ1) is 21.7. The Balaban J connectivity index is 1.43. The second-order valence-corrected chi connectivity index (χ2v) is 7.80. The topological polar surface area (TPSA) is 56.1 Å². The average Bonchev–Trinajstić information content (AvgIpc) is 3.17. The van der Waals surface area contributed by atoms with Crippen molar-refractivity contribution in [3.8, 4) is 5.75 Å². The first-order valence-corrected chi connectivity index (χ1v) is 10.8. The Bertz CT molecular complexity index is 1250. The Morgan fingerprint density at radius 1 is 1.09 bits per heavy atom. The summed E-state index contributed by atoms with van der Waals surface area (Å²) < 4.78 is 8.01. The standard InChI is InChI=1S/C26H24ClN3O2/c1-19-17-21(12-13-22(19)27)32-16-15-30-24-10-6-5-9-23(24)29-25(30)18-28-26(31)14-11-20-7-3-2-4-8-20/h2-14,17H,15-16,18H2,1H3,(H,28,31)/b14-11-. The van der Waals surface area contributed by atoms with Crippen LogP contribution in [-0.4, -0.2) is 22.1 Å². The number of aromatic nitrogens is 2. The van der Waals surface area contributed by atoms with Gasteiger partial charge in [-0.1, -0.05) is 54.1 Å². The lowest BCUT2D eigenvalue weighted by Crippen LogP contribution is -2.23.